The first-order chi connectivity index (χ1) is 9.51. The first-order valence-electron chi connectivity index (χ1n) is 6.15. The topological polar surface area (TPSA) is 94.4 Å². The molecule has 0 aliphatic heterocycles. The number of aromatic nitrogens is 1. The number of hydrogen-bond acceptors (Lipinski definition) is 6. The van der Waals surface area contributed by atoms with Crippen LogP contribution in [0.2, 0.25) is 5.02 Å². The highest BCUT2D eigenvalue weighted by atomic mass is 35.5. The van der Waals surface area contributed by atoms with E-state index in [4.69, 9.17) is 16.3 Å². The van der Waals surface area contributed by atoms with E-state index in [0.29, 0.717) is 12.8 Å². The molecule has 2 rings (SSSR count). The minimum atomic E-state index is -0.534. The zero-order valence-electron chi connectivity index (χ0n) is 10.8. The summed E-state index contributed by atoms with van der Waals surface area (Å²) in [7, 11) is 1.36. The van der Waals surface area contributed by atoms with Crippen molar-refractivity contribution in [2.45, 2.75) is 25.3 Å². The van der Waals surface area contributed by atoms with Gasteiger partial charge in [-0.25, -0.2) is 4.98 Å². The fourth-order valence-corrected chi connectivity index (χ4v) is 2.52. The fourth-order valence-electron chi connectivity index (χ4n) is 2.37. The van der Waals surface area contributed by atoms with Gasteiger partial charge in [0.2, 0.25) is 5.82 Å². The van der Waals surface area contributed by atoms with Gasteiger partial charge in [0.05, 0.1) is 23.0 Å². The Bertz CT molecular complexity index is 537. The average molecular weight is 300 g/mol. The van der Waals surface area contributed by atoms with E-state index >= 15 is 0 Å². The number of ether oxygens (including phenoxy) is 1. The Balaban J connectivity index is 2.08. The molecule has 0 spiro atoms. The lowest BCUT2D eigenvalue weighted by molar-refractivity contribution is -0.384. The monoisotopic (exact) mass is 299 g/mol. The number of methoxy groups -OCH3 is 1. The normalized spacial score (nSPS) is 21.5. The number of hydrogen-bond donors (Lipinski definition) is 1. The highest BCUT2D eigenvalue weighted by Crippen LogP contribution is 2.32. The molecule has 1 N–H and O–H groups in total. The van der Waals surface area contributed by atoms with Gasteiger partial charge in [-0.1, -0.05) is 11.6 Å². The lowest BCUT2D eigenvalue weighted by Gasteiger charge is -2.13. The Morgan fingerprint density at radius 2 is 2.35 bits per heavy atom. The summed E-state index contributed by atoms with van der Waals surface area (Å²) in [6.45, 7) is 0. The van der Waals surface area contributed by atoms with E-state index in [2.05, 4.69) is 10.3 Å². The maximum absolute atomic E-state index is 11.4. The van der Waals surface area contributed by atoms with Crippen LogP contribution in [0.15, 0.2) is 12.3 Å². The van der Waals surface area contributed by atoms with E-state index in [9.17, 15) is 14.9 Å². The standard InChI is InChI=1S/C12H14ClN3O4/c1-20-12(17)7-2-3-9(4-7)15-11-10(16(18)19)5-8(13)6-14-11/h5-7,9H,2-4H2,1H3,(H,14,15)/t7-,9+/m0/s1. The molecule has 1 heterocycles. The number of carbonyl (C=O) groups is 1. The number of anilines is 1. The minimum Gasteiger partial charge on any atom is -0.469 e. The first-order valence-corrected chi connectivity index (χ1v) is 6.53. The van der Waals surface area contributed by atoms with Gasteiger partial charge < -0.3 is 10.1 Å². The second-order valence-corrected chi connectivity index (χ2v) is 5.09. The molecule has 0 aromatic carbocycles. The van der Waals surface area contributed by atoms with Crippen LogP contribution in [0.1, 0.15) is 19.3 Å². The van der Waals surface area contributed by atoms with Crippen LogP contribution < -0.4 is 5.32 Å². The largest absolute Gasteiger partial charge is 0.469 e. The van der Waals surface area contributed by atoms with Crippen molar-refractivity contribution < 1.29 is 14.5 Å². The smallest absolute Gasteiger partial charge is 0.312 e. The van der Waals surface area contributed by atoms with Crippen LogP contribution in [0.3, 0.4) is 0 Å². The second-order valence-electron chi connectivity index (χ2n) is 4.65. The quantitative estimate of drug-likeness (QED) is 0.521. The molecule has 0 bridgehead atoms. The van der Waals surface area contributed by atoms with E-state index in [1.807, 2.05) is 0 Å². The number of nitrogens with one attached hydrogen (secondary N) is 1. The van der Waals surface area contributed by atoms with E-state index in [1.54, 1.807) is 0 Å². The van der Waals surface area contributed by atoms with Crippen LogP contribution in [0.25, 0.3) is 0 Å². The van der Waals surface area contributed by atoms with Gasteiger partial charge in [-0.05, 0) is 19.3 Å². The van der Waals surface area contributed by atoms with Crippen LogP contribution in [0.4, 0.5) is 11.5 Å². The molecule has 2 atom stereocenters. The zero-order chi connectivity index (χ0) is 14.7. The minimum absolute atomic E-state index is 0.0357. The summed E-state index contributed by atoms with van der Waals surface area (Å²) in [5.74, 6) is -0.230. The van der Waals surface area contributed by atoms with Gasteiger partial charge in [0, 0.05) is 18.3 Å². The summed E-state index contributed by atoms with van der Waals surface area (Å²) < 4.78 is 4.70. The van der Waals surface area contributed by atoms with Crippen LogP contribution >= 0.6 is 11.6 Å². The summed E-state index contributed by atoms with van der Waals surface area (Å²) in [4.78, 5) is 25.8. The van der Waals surface area contributed by atoms with Gasteiger partial charge >= 0.3 is 11.7 Å². The zero-order valence-corrected chi connectivity index (χ0v) is 11.6. The molecule has 0 saturated heterocycles. The first kappa shape index (κ1) is 14.5. The number of rotatable bonds is 4. The fraction of sp³-hybridized carbons (Fsp3) is 0.500. The van der Waals surface area contributed by atoms with Gasteiger partial charge in [0.1, 0.15) is 0 Å². The maximum Gasteiger partial charge on any atom is 0.312 e. The molecule has 0 radical (unpaired) electrons. The van der Waals surface area contributed by atoms with Crippen molar-refractivity contribution in [2.24, 2.45) is 5.92 Å². The SMILES string of the molecule is COC(=O)[C@H]1CC[C@@H](Nc2ncc(Cl)cc2[N+](=O)[O-])C1. The van der Waals surface area contributed by atoms with Gasteiger partial charge in [-0.3, -0.25) is 14.9 Å². The van der Waals surface area contributed by atoms with Crippen molar-refractivity contribution in [3.63, 3.8) is 0 Å². The van der Waals surface area contributed by atoms with E-state index in [0.717, 1.165) is 6.42 Å². The molecular formula is C12H14ClN3O4. The summed E-state index contributed by atoms with van der Waals surface area (Å²) in [5.41, 5.74) is -0.168. The molecule has 7 nitrogen and oxygen atoms in total. The Morgan fingerprint density at radius 3 is 3.00 bits per heavy atom. The summed E-state index contributed by atoms with van der Waals surface area (Å²) >= 11 is 5.71. The molecule has 1 aromatic heterocycles. The molecule has 1 aliphatic rings. The number of nitro groups is 1. The van der Waals surface area contributed by atoms with Crippen LogP contribution in [-0.4, -0.2) is 29.0 Å². The molecule has 0 amide bonds. The lowest BCUT2D eigenvalue weighted by Crippen LogP contribution is -2.20. The van der Waals surface area contributed by atoms with Gasteiger partial charge in [-0.15, -0.1) is 0 Å². The molecule has 1 saturated carbocycles. The average Bonchev–Trinajstić information content (AvgIpc) is 2.88. The molecule has 8 heteroatoms. The third kappa shape index (κ3) is 3.16. The predicted octanol–water partition coefficient (Wildman–Crippen LogP) is 2.40. The van der Waals surface area contributed by atoms with Gasteiger partial charge in [0.15, 0.2) is 0 Å². The molecule has 108 valence electrons. The number of halogens is 1. The maximum atomic E-state index is 11.4. The number of pyridine rings is 1. The summed E-state index contributed by atoms with van der Waals surface area (Å²) in [6.07, 6.45) is 3.37. The Hall–Kier alpha value is -1.89. The highest BCUT2D eigenvalue weighted by Gasteiger charge is 2.32. The van der Waals surface area contributed by atoms with E-state index in [1.165, 1.54) is 19.4 Å². The van der Waals surface area contributed by atoms with Crippen molar-refractivity contribution in [1.29, 1.82) is 0 Å². The van der Waals surface area contributed by atoms with Crippen molar-refractivity contribution >= 4 is 29.1 Å². The summed E-state index contributed by atoms with van der Waals surface area (Å²) in [6, 6.07) is 1.22. The summed E-state index contributed by atoms with van der Waals surface area (Å²) in [5, 5.41) is 14.2. The van der Waals surface area contributed by atoms with E-state index in [-0.39, 0.29) is 34.5 Å². The van der Waals surface area contributed by atoms with E-state index < -0.39 is 4.92 Å². The predicted molar refractivity (Wildman–Crippen MR) is 72.7 cm³/mol. The van der Waals surface area contributed by atoms with Crippen molar-refractivity contribution in [3.8, 4) is 0 Å². The van der Waals surface area contributed by atoms with Crippen LogP contribution in [0, 0.1) is 16.0 Å². The molecule has 1 aromatic rings. The number of nitrogens with zero attached hydrogens (tertiary/aromatic N) is 2. The third-order valence-electron chi connectivity index (χ3n) is 3.34. The van der Waals surface area contributed by atoms with Crippen LogP contribution in [-0.2, 0) is 9.53 Å². The van der Waals surface area contributed by atoms with Crippen molar-refractivity contribution in [2.75, 3.05) is 12.4 Å². The third-order valence-corrected chi connectivity index (χ3v) is 3.55. The number of esters is 1. The second kappa shape index (κ2) is 6.04. The molecule has 20 heavy (non-hydrogen) atoms. The molecule has 0 unspecified atom stereocenters. The Kier molecular flexibility index (Phi) is 4.39. The van der Waals surface area contributed by atoms with Crippen LogP contribution in [0.5, 0.6) is 0 Å². The van der Waals surface area contributed by atoms with Crippen molar-refractivity contribution in [1.82, 2.24) is 4.98 Å². The van der Waals surface area contributed by atoms with Crippen molar-refractivity contribution in [3.05, 3.63) is 27.4 Å². The lowest BCUT2D eigenvalue weighted by atomic mass is 10.1. The Morgan fingerprint density at radius 1 is 1.60 bits per heavy atom. The molecule has 1 aliphatic carbocycles. The van der Waals surface area contributed by atoms with Gasteiger partial charge in [0.25, 0.3) is 0 Å². The number of carbonyl (C=O) groups excluding carboxylic acids is 1. The molecular weight excluding hydrogens is 286 g/mol. The molecule has 1 fully saturated rings. The Labute approximate surface area is 120 Å². The highest BCUT2D eigenvalue weighted by molar-refractivity contribution is 6.30. The van der Waals surface area contributed by atoms with Gasteiger partial charge in [-0.2, -0.15) is 0 Å².